The lowest BCUT2D eigenvalue weighted by Crippen LogP contribution is -2.53. The molecule has 148 valence electrons. The summed E-state index contributed by atoms with van der Waals surface area (Å²) in [7, 11) is 0. The van der Waals surface area contributed by atoms with E-state index in [4.69, 9.17) is 4.74 Å². The van der Waals surface area contributed by atoms with Crippen molar-refractivity contribution in [3.05, 3.63) is 30.1 Å². The van der Waals surface area contributed by atoms with Crippen LogP contribution in [0.3, 0.4) is 0 Å². The number of hydrogen-bond donors (Lipinski definition) is 0. The minimum Gasteiger partial charge on any atom is -0.369 e. The number of carbonyl (C=O) groups is 2. The lowest BCUT2D eigenvalue weighted by Gasteiger charge is -2.47. The van der Waals surface area contributed by atoms with Crippen LogP contribution in [0.5, 0.6) is 0 Å². The molecule has 1 atom stereocenters. The van der Waals surface area contributed by atoms with Crippen LogP contribution in [0.4, 0.5) is 0 Å². The summed E-state index contributed by atoms with van der Waals surface area (Å²) in [5.41, 5.74) is 1.32. The van der Waals surface area contributed by atoms with Crippen molar-refractivity contribution in [3.8, 4) is 0 Å². The fourth-order valence-corrected chi connectivity index (χ4v) is 4.30. The Bertz CT molecular complexity index is 641. The third kappa shape index (κ3) is 4.86. The third-order valence-electron chi connectivity index (χ3n) is 6.04. The van der Waals surface area contributed by atoms with Crippen LogP contribution in [0, 0.1) is 5.41 Å². The fraction of sp³-hybridized carbons (Fsp3) is 0.667. The molecule has 1 aromatic heterocycles. The molecule has 0 bridgehead atoms. The van der Waals surface area contributed by atoms with Gasteiger partial charge in [0.25, 0.3) is 5.91 Å². The average Bonchev–Trinajstić information content (AvgIpc) is 2.70. The molecule has 0 radical (unpaired) electrons. The SMILES string of the molecule is CCO[C@H](C)C(=O)N1CCC2(CCC(=O)N(CCc3cccnc3)C2)CC1. The molecule has 27 heavy (non-hydrogen) atoms. The molecular weight excluding hydrogens is 342 g/mol. The first-order valence-corrected chi connectivity index (χ1v) is 10.1. The summed E-state index contributed by atoms with van der Waals surface area (Å²) in [5.74, 6) is 0.347. The van der Waals surface area contributed by atoms with Gasteiger partial charge in [0.15, 0.2) is 0 Å². The molecule has 3 heterocycles. The van der Waals surface area contributed by atoms with Gasteiger partial charge in [-0.2, -0.15) is 0 Å². The number of pyridine rings is 1. The first-order valence-electron chi connectivity index (χ1n) is 10.1. The molecule has 0 aromatic carbocycles. The number of carbonyl (C=O) groups excluding carboxylic acids is 2. The molecular formula is C21H31N3O3. The van der Waals surface area contributed by atoms with Crippen molar-refractivity contribution in [3.63, 3.8) is 0 Å². The Kier molecular flexibility index (Phi) is 6.47. The highest BCUT2D eigenvalue weighted by molar-refractivity contribution is 5.80. The van der Waals surface area contributed by atoms with Crippen LogP contribution >= 0.6 is 0 Å². The average molecular weight is 373 g/mol. The van der Waals surface area contributed by atoms with E-state index < -0.39 is 0 Å². The topological polar surface area (TPSA) is 62.7 Å². The number of piperidine rings is 2. The predicted octanol–water partition coefficient (Wildman–Crippen LogP) is 2.28. The van der Waals surface area contributed by atoms with E-state index in [9.17, 15) is 9.59 Å². The second-order valence-corrected chi connectivity index (χ2v) is 7.85. The van der Waals surface area contributed by atoms with Gasteiger partial charge in [-0.3, -0.25) is 14.6 Å². The minimum absolute atomic E-state index is 0.0898. The molecule has 2 fully saturated rings. The molecule has 2 aliphatic rings. The van der Waals surface area contributed by atoms with Crippen LogP contribution in [0.25, 0.3) is 0 Å². The molecule has 6 heteroatoms. The summed E-state index contributed by atoms with van der Waals surface area (Å²) < 4.78 is 5.45. The van der Waals surface area contributed by atoms with Crippen LogP contribution in [0.1, 0.15) is 45.1 Å². The van der Waals surface area contributed by atoms with Crippen molar-refractivity contribution >= 4 is 11.8 Å². The van der Waals surface area contributed by atoms with Crippen LogP contribution in [0.2, 0.25) is 0 Å². The molecule has 0 unspecified atom stereocenters. The minimum atomic E-state index is -0.368. The van der Waals surface area contributed by atoms with Gasteiger partial charge in [-0.15, -0.1) is 0 Å². The number of likely N-dealkylation sites (tertiary alicyclic amines) is 2. The van der Waals surface area contributed by atoms with E-state index in [1.807, 2.05) is 35.9 Å². The normalized spacial score (nSPS) is 20.7. The zero-order valence-electron chi connectivity index (χ0n) is 16.5. The van der Waals surface area contributed by atoms with E-state index in [1.54, 1.807) is 6.20 Å². The van der Waals surface area contributed by atoms with Crippen LogP contribution in [-0.4, -0.2) is 65.5 Å². The molecule has 0 aliphatic carbocycles. The maximum Gasteiger partial charge on any atom is 0.251 e. The quantitative estimate of drug-likeness (QED) is 0.767. The Morgan fingerprint density at radius 3 is 2.78 bits per heavy atom. The summed E-state index contributed by atoms with van der Waals surface area (Å²) in [6.45, 7) is 7.38. The standard InChI is InChI=1S/C21H31N3O3/c1-3-27-17(2)20(26)23-13-9-21(10-14-23)8-6-19(25)24(16-21)12-7-18-5-4-11-22-15-18/h4-5,11,15,17H,3,6-10,12-14,16H2,1-2H3/t17-/m1/s1. The van der Waals surface area contributed by atoms with Crippen LogP contribution in [0.15, 0.2) is 24.5 Å². The van der Waals surface area contributed by atoms with Gasteiger partial charge >= 0.3 is 0 Å². The van der Waals surface area contributed by atoms with Crippen molar-refractivity contribution in [1.82, 2.24) is 14.8 Å². The van der Waals surface area contributed by atoms with E-state index in [-0.39, 0.29) is 23.3 Å². The van der Waals surface area contributed by atoms with Gasteiger partial charge in [-0.1, -0.05) is 6.07 Å². The van der Waals surface area contributed by atoms with E-state index in [0.29, 0.717) is 13.0 Å². The van der Waals surface area contributed by atoms with Gasteiger partial charge in [0, 0.05) is 51.6 Å². The molecule has 2 amide bonds. The summed E-state index contributed by atoms with van der Waals surface area (Å²) in [4.78, 5) is 33.0. The monoisotopic (exact) mass is 373 g/mol. The summed E-state index contributed by atoms with van der Waals surface area (Å²) in [6.07, 6.45) is 7.61. The first-order chi connectivity index (χ1) is 13.0. The molecule has 2 saturated heterocycles. The number of aromatic nitrogens is 1. The first kappa shape index (κ1) is 19.8. The fourth-order valence-electron chi connectivity index (χ4n) is 4.30. The van der Waals surface area contributed by atoms with Crippen molar-refractivity contribution in [2.45, 2.75) is 52.1 Å². The molecule has 0 saturated carbocycles. The smallest absolute Gasteiger partial charge is 0.251 e. The molecule has 0 N–H and O–H groups in total. The molecule has 1 aromatic rings. The van der Waals surface area contributed by atoms with Crippen molar-refractivity contribution in [2.75, 3.05) is 32.8 Å². The Hall–Kier alpha value is -1.95. The lowest BCUT2D eigenvalue weighted by atomic mass is 9.72. The maximum absolute atomic E-state index is 12.5. The Labute approximate surface area is 161 Å². The van der Waals surface area contributed by atoms with Gasteiger partial charge in [-0.25, -0.2) is 0 Å². The summed E-state index contributed by atoms with van der Waals surface area (Å²) >= 11 is 0. The van der Waals surface area contributed by atoms with E-state index in [1.165, 1.54) is 0 Å². The summed E-state index contributed by atoms with van der Waals surface area (Å²) in [6, 6.07) is 3.99. The Balaban J connectivity index is 1.54. The van der Waals surface area contributed by atoms with Gasteiger partial charge in [0.05, 0.1) is 0 Å². The van der Waals surface area contributed by atoms with Gasteiger partial charge in [0.1, 0.15) is 6.10 Å². The molecule has 2 aliphatic heterocycles. The zero-order valence-corrected chi connectivity index (χ0v) is 16.5. The van der Waals surface area contributed by atoms with Crippen molar-refractivity contribution in [1.29, 1.82) is 0 Å². The third-order valence-corrected chi connectivity index (χ3v) is 6.04. The van der Waals surface area contributed by atoms with Gasteiger partial charge in [0.2, 0.25) is 5.91 Å². The van der Waals surface area contributed by atoms with E-state index in [0.717, 1.165) is 57.4 Å². The second kappa shape index (κ2) is 8.83. The number of amides is 2. The number of nitrogens with zero attached hydrogens (tertiary/aromatic N) is 3. The molecule has 6 nitrogen and oxygen atoms in total. The maximum atomic E-state index is 12.5. The number of rotatable bonds is 6. The van der Waals surface area contributed by atoms with Crippen LogP contribution in [-0.2, 0) is 20.7 Å². The largest absolute Gasteiger partial charge is 0.369 e. The predicted molar refractivity (Wildman–Crippen MR) is 103 cm³/mol. The van der Waals surface area contributed by atoms with E-state index >= 15 is 0 Å². The highest BCUT2D eigenvalue weighted by Crippen LogP contribution is 2.40. The zero-order chi connectivity index (χ0) is 19.3. The summed E-state index contributed by atoms with van der Waals surface area (Å²) in [5, 5.41) is 0. The Morgan fingerprint density at radius 1 is 1.33 bits per heavy atom. The molecule has 1 spiro atoms. The Morgan fingerprint density at radius 2 is 2.11 bits per heavy atom. The second-order valence-electron chi connectivity index (χ2n) is 7.85. The van der Waals surface area contributed by atoms with Crippen LogP contribution < -0.4 is 0 Å². The number of ether oxygens (including phenoxy) is 1. The van der Waals surface area contributed by atoms with Gasteiger partial charge < -0.3 is 14.5 Å². The highest BCUT2D eigenvalue weighted by atomic mass is 16.5. The van der Waals surface area contributed by atoms with Crippen molar-refractivity contribution < 1.29 is 14.3 Å². The number of hydrogen-bond acceptors (Lipinski definition) is 4. The van der Waals surface area contributed by atoms with E-state index in [2.05, 4.69) is 11.1 Å². The van der Waals surface area contributed by atoms with Crippen molar-refractivity contribution in [2.24, 2.45) is 5.41 Å². The lowest BCUT2D eigenvalue weighted by molar-refractivity contribution is -0.148. The molecule has 3 rings (SSSR count). The van der Waals surface area contributed by atoms with Gasteiger partial charge in [-0.05, 0) is 56.6 Å². The highest BCUT2D eigenvalue weighted by Gasteiger charge is 2.42.